The highest BCUT2D eigenvalue weighted by Crippen LogP contribution is 2.23. The van der Waals surface area contributed by atoms with Crippen molar-refractivity contribution in [3.8, 4) is 0 Å². The molecule has 0 N–H and O–H groups in total. The van der Waals surface area contributed by atoms with Crippen LogP contribution in [0.15, 0.2) is 48.5 Å². The average Bonchev–Trinajstić information content (AvgIpc) is 2.48. The summed E-state index contributed by atoms with van der Waals surface area (Å²) >= 11 is 11.8. The lowest BCUT2D eigenvalue weighted by atomic mass is 10.1. The number of benzene rings is 2. The fourth-order valence-electron chi connectivity index (χ4n) is 1.91. The molecule has 0 spiro atoms. The molecule has 0 aromatic heterocycles. The lowest BCUT2D eigenvalue weighted by Gasteiger charge is -2.17. The maximum atomic E-state index is 12.1. The van der Waals surface area contributed by atoms with Gasteiger partial charge in [0.1, 0.15) is 0 Å². The Bertz CT molecular complexity index is 599. The summed E-state index contributed by atoms with van der Waals surface area (Å²) in [5, 5.41) is 1.05. The molecule has 0 saturated heterocycles. The van der Waals surface area contributed by atoms with Crippen molar-refractivity contribution < 1.29 is 4.79 Å². The smallest absolute Gasteiger partial charge is 0.227 e. The zero-order chi connectivity index (χ0) is 14.5. The summed E-state index contributed by atoms with van der Waals surface area (Å²) in [7, 11) is 1.78. The van der Waals surface area contributed by atoms with Crippen molar-refractivity contribution in [2.75, 3.05) is 11.9 Å². The first-order valence-electron chi connectivity index (χ1n) is 6.33. The highest BCUT2D eigenvalue weighted by molar-refractivity contribution is 6.42. The molecule has 0 atom stereocenters. The Morgan fingerprint density at radius 3 is 2.40 bits per heavy atom. The summed E-state index contributed by atoms with van der Waals surface area (Å²) < 4.78 is 0. The summed E-state index contributed by atoms with van der Waals surface area (Å²) in [6, 6.07) is 15.0. The molecule has 0 saturated carbocycles. The lowest BCUT2D eigenvalue weighted by Crippen LogP contribution is -2.26. The van der Waals surface area contributed by atoms with E-state index in [0.29, 0.717) is 22.9 Å². The third-order valence-electron chi connectivity index (χ3n) is 3.13. The van der Waals surface area contributed by atoms with Crippen molar-refractivity contribution in [3.63, 3.8) is 0 Å². The van der Waals surface area contributed by atoms with Crippen molar-refractivity contribution in [1.29, 1.82) is 0 Å². The largest absolute Gasteiger partial charge is 0.315 e. The van der Waals surface area contributed by atoms with Gasteiger partial charge in [0.2, 0.25) is 5.91 Å². The van der Waals surface area contributed by atoms with Gasteiger partial charge in [-0.15, -0.1) is 0 Å². The number of aryl methyl sites for hydroxylation is 1. The van der Waals surface area contributed by atoms with Crippen molar-refractivity contribution in [2.24, 2.45) is 0 Å². The van der Waals surface area contributed by atoms with Gasteiger partial charge in [-0.25, -0.2) is 0 Å². The van der Waals surface area contributed by atoms with Crippen LogP contribution in [-0.2, 0) is 11.2 Å². The third kappa shape index (κ3) is 3.75. The molecule has 2 aromatic carbocycles. The maximum Gasteiger partial charge on any atom is 0.227 e. The summed E-state index contributed by atoms with van der Waals surface area (Å²) in [5.41, 5.74) is 1.90. The molecule has 1 amide bonds. The molecular formula is C16H15Cl2NO. The van der Waals surface area contributed by atoms with Crippen molar-refractivity contribution >= 4 is 34.8 Å². The first-order chi connectivity index (χ1) is 9.58. The Hall–Kier alpha value is -1.51. The van der Waals surface area contributed by atoms with Gasteiger partial charge in [-0.3, -0.25) is 4.79 Å². The molecule has 20 heavy (non-hydrogen) atoms. The van der Waals surface area contributed by atoms with Crippen molar-refractivity contribution in [3.05, 3.63) is 64.1 Å². The summed E-state index contributed by atoms with van der Waals surface area (Å²) in [4.78, 5) is 13.8. The number of hydrogen-bond acceptors (Lipinski definition) is 1. The SMILES string of the molecule is CN(C(=O)CCc1ccc(Cl)c(Cl)c1)c1ccccc1. The zero-order valence-electron chi connectivity index (χ0n) is 11.1. The van der Waals surface area contributed by atoms with Crippen molar-refractivity contribution in [2.45, 2.75) is 12.8 Å². The molecule has 0 fully saturated rings. The lowest BCUT2D eigenvalue weighted by molar-refractivity contribution is -0.118. The topological polar surface area (TPSA) is 20.3 Å². The molecule has 0 unspecified atom stereocenters. The van der Waals surface area contributed by atoms with Gasteiger partial charge in [-0.05, 0) is 36.2 Å². The van der Waals surface area contributed by atoms with E-state index in [1.165, 1.54) is 0 Å². The first-order valence-corrected chi connectivity index (χ1v) is 7.09. The number of anilines is 1. The van der Waals surface area contributed by atoms with Gasteiger partial charge in [0.15, 0.2) is 0 Å². The molecule has 0 radical (unpaired) electrons. The molecule has 2 aromatic rings. The monoisotopic (exact) mass is 307 g/mol. The summed E-state index contributed by atoms with van der Waals surface area (Å²) in [6.07, 6.45) is 1.08. The van der Waals surface area contributed by atoms with E-state index in [2.05, 4.69) is 0 Å². The fourth-order valence-corrected chi connectivity index (χ4v) is 2.23. The van der Waals surface area contributed by atoms with E-state index in [0.717, 1.165) is 11.3 Å². The molecule has 104 valence electrons. The fraction of sp³-hybridized carbons (Fsp3) is 0.188. The molecule has 0 aliphatic heterocycles. The minimum absolute atomic E-state index is 0.0715. The van der Waals surface area contributed by atoms with Crippen LogP contribution in [0.4, 0.5) is 5.69 Å². The second kappa shape index (κ2) is 6.78. The predicted octanol–water partition coefficient (Wildman–Crippen LogP) is 4.59. The number of carbonyl (C=O) groups is 1. The predicted molar refractivity (Wildman–Crippen MR) is 84.6 cm³/mol. The number of para-hydroxylation sites is 1. The molecule has 4 heteroatoms. The van der Waals surface area contributed by atoms with E-state index in [4.69, 9.17) is 23.2 Å². The number of carbonyl (C=O) groups excluding carboxylic acids is 1. The van der Waals surface area contributed by atoms with Crippen LogP contribution in [0.2, 0.25) is 10.0 Å². The van der Waals surface area contributed by atoms with Crippen LogP contribution >= 0.6 is 23.2 Å². The van der Waals surface area contributed by atoms with E-state index in [1.54, 1.807) is 24.1 Å². The molecule has 2 nitrogen and oxygen atoms in total. The van der Waals surface area contributed by atoms with E-state index in [1.807, 2.05) is 36.4 Å². The van der Waals surface area contributed by atoms with Gasteiger partial charge in [0.25, 0.3) is 0 Å². The molecular weight excluding hydrogens is 293 g/mol. The Labute approximate surface area is 128 Å². The van der Waals surface area contributed by atoms with Crippen LogP contribution < -0.4 is 4.90 Å². The number of nitrogens with zero attached hydrogens (tertiary/aromatic N) is 1. The molecule has 0 aliphatic carbocycles. The number of hydrogen-bond donors (Lipinski definition) is 0. The van der Waals surface area contributed by atoms with Crippen LogP contribution in [0.1, 0.15) is 12.0 Å². The van der Waals surface area contributed by atoms with Crippen molar-refractivity contribution in [1.82, 2.24) is 0 Å². The van der Waals surface area contributed by atoms with Crippen LogP contribution in [0.3, 0.4) is 0 Å². The van der Waals surface area contributed by atoms with E-state index in [9.17, 15) is 4.79 Å². The van der Waals surface area contributed by atoms with Crippen LogP contribution in [0.5, 0.6) is 0 Å². The third-order valence-corrected chi connectivity index (χ3v) is 3.87. The van der Waals surface area contributed by atoms with Gasteiger partial charge in [-0.1, -0.05) is 47.5 Å². The standard InChI is InChI=1S/C16H15Cl2NO/c1-19(13-5-3-2-4-6-13)16(20)10-8-12-7-9-14(17)15(18)11-12/h2-7,9,11H,8,10H2,1H3. The number of halogens is 2. The van der Waals surface area contributed by atoms with Crippen LogP contribution in [0.25, 0.3) is 0 Å². The molecule has 0 bridgehead atoms. The number of rotatable bonds is 4. The second-order valence-corrected chi connectivity index (χ2v) is 5.35. The van der Waals surface area contributed by atoms with Gasteiger partial charge < -0.3 is 4.90 Å². The minimum atomic E-state index is 0.0715. The van der Waals surface area contributed by atoms with Gasteiger partial charge >= 0.3 is 0 Å². The van der Waals surface area contributed by atoms with E-state index >= 15 is 0 Å². The number of amides is 1. The highest BCUT2D eigenvalue weighted by Gasteiger charge is 2.10. The Morgan fingerprint density at radius 1 is 1.05 bits per heavy atom. The Balaban J connectivity index is 1.96. The van der Waals surface area contributed by atoms with Crippen LogP contribution in [-0.4, -0.2) is 13.0 Å². The van der Waals surface area contributed by atoms with Gasteiger partial charge in [0.05, 0.1) is 10.0 Å². The van der Waals surface area contributed by atoms with Gasteiger partial charge in [0, 0.05) is 19.2 Å². The maximum absolute atomic E-state index is 12.1. The summed E-state index contributed by atoms with van der Waals surface area (Å²) in [5.74, 6) is 0.0715. The van der Waals surface area contributed by atoms with Crippen LogP contribution in [0, 0.1) is 0 Å². The van der Waals surface area contributed by atoms with E-state index < -0.39 is 0 Å². The average molecular weight is 308 g/mol. The van der Waals surface area contributed by atoms with Gasteiger partial charge in [-0.2, -0.15) is 0 Å². The zero-order valence-corrected chi connectivity index (χ0v) is 12.7. The van der Waals surface area contributed by atoms with E-state index in [-0.39, 0.29) is 5.91 Å². The Kier molecular flexibility index (Phi) is 5.05. The normalized spacial score (nSPS) is 10.3. The minimum Gasteiger partial charge on any atom is -0.315 e. The second-order valence-electron chi connectivity index (χ2n) is 4.54. The molecule has 0 heterocycles. The first kappa shape index (κ1) is 14.9. The molecule has 0 aliphatic rings. The Morgan fingerprint density at radius 2 is 1.75 bits per heavy atom. The quantitative estimate of drug-likeness (QED) is 0.809. The molecule has 2 rings (SSSR count). The summed E-state index contributed by atoms with van der Waals surface area (Å²) in [6.45, 7) is 0. The highest BCUT2D eigenvalue weighted by atomic mass is 35.5.